The molecular formula is C26H35N. The first kappa shape index (κ1) is 21.2. The first-order chi connectivity index (χ1) is 13.3. The van der Waals surface area contributed by atoms with Gasteiger partial charge in [-0.05, 0) is 60.9 Å². The zero-order valence-corrected chi connectivity index (χ0v) is 17.3. The van der Waals surface area contributed by atoms with Crippen LogP contribution in [0.25, 0.3) is 0 Å². The van der Waals surface area contributed by atoms with Gasteiger partial charge in [0.25, 0.3) is 0 Å². The van der Waals surface area contributed by atoms with E-state index < -0.39 is 0 Å². The Morgan fingerprint density at radius 3 is 1.93 bits per heavy atom. The molecule has 0 saturated carbocycles. The van der Waals surface area contributed by atoms with Crippen LogP contribution in [0.3, 0.4) is 0 Å². The fourth-order valence-electron chi connectivity index (χ4n) is 3.23. The largest absolute Gasteiger partial charge is 0.248 e. The molecule has 1 heteroatoms. The van der Waals surface area contributed by atoms with Crippen LogP contribution in [0, 0.1) is 11.8 Å². The molecule has 0 saturated heterocycles. The fourth-order valence-corrected chi connectivity index (χ4v) is 3.23. The number of aromatic nitrogens is 1. The summed E-state index contributed by atoms with van der Waals surface area (Å²) in [4.78, 5) is 4.52. The fraction of sp³-hybridized carbons (Fsp3) is 0.500. The lowest BCUT2D eigenvalue weighted by Gasteiger charge is -2.02. The normalized spacial score (nSPS) is 10.4. The van der Waals surface area contributed by atoms with E-state index in [0.29, 0.717) is 0 Å². The minimum absolute atomic E-state index is 0.855. The Morgan fingerprint density at radius 1 is 0.630 bits per heavy atom. The quantitative estimate of drug-likeness (QED) is 0.307. The topological polar surface area (TPSA) is 12.9 Å². The summed E-state index contributed by atoms with van der Waals surface area (Å²) in [7, 11) is 0. The summed E-state index contributed by atoms with van der Waals surface area (Å²) in [5.74, 6) is 6.42. The number of hydrogen-bond donors (Lipinski definition) is 0. The molecule has 2 rings (SSSR count). The zero-order valence-electron chi connectivity index (χ0n) is 17.3. The molecule has 0 amide bonds. The Kier molecular flexibility index (Phi) is 10.3. The molecule has 0 bridgehead atoms. The van der Waals surface area contributed by atoms with Gasteiger partial charge in [-0.25, -0.2) is 4.98 Å². The second kappa shape index (κ2) is 13.2. The first-order valence-electron chi connectivity index (χ1n) is 10.9. The summed E-state index contributed by atoms with van der Waals surface area (Å²) in [5, 5.41) is 0. The molecule has 144 valence electrons. The monoisotopic (exact) mass is 361 g/mol. The average molecular weight is 362 g/mol. The van der Waals surface area contributed by atoms with Gasteiger partial charge < -0.3 is 0 Å². The molecule has 0 fully saturated rings. The molecule has 0 unspecified atom stereocenters. The summed E-state index contributed by atoms with van der Waals surface area (Å²) in [6.07, 6.45) is 16.2. The van der Waals surface area contributed by atoms with Crippen molar-refractivity contribution in [2.45, 2.75) is 84.5 Å². The minimum atomic E-state index is 0.855. The Bertz CT molecular complexity index is 686. The average Bonchev–Trinajstić information content (AvgIpc) is 2.71. The van der Waals surface area contributed by atoms with E-state index in [9.17, 15) is 0 Å². The standard InChI is InChI=1S/C26H35N/c1-3-5-7-8-9-11-13-25-19-21-26(27-22-25)20-18-24-16-14-23(15-17-24)12-10-6-4-2/h14-17,19,21-22H,3-13H2,1-2H3. The van der Waals surface area contributed by atoms with Crippen LogP contribution in [0.4, 0.5) is 0 Å². The Labute approximate surface area is 166 Å². The third kappa shape index (κ3) is 8.91. The summed E-state index contributed by atoms with van der Waals surface area (Å²) in [5.41, 5.74) is 4.65. The van der Waals surface area contributed by atoms with Crippen molar-refractivity contribution < 1.29 is 0 Å². The molecule has 1 aromatic heterocycles. The molecule has 0 spiro atoms. The van der Waals surface area contributed by atoms with E-state index in [2.05, 4.69) is 67.1 Å². The molecule has 1 heterocycles. The van der Waals surface area contributed by atoms with Crippen molar-refractivity contribution in [3.63, 3.8) is 0 Å². The second-order valence-electron chi connectivity index (χ2n) is 7.47. The Morgan fingerprint density at radius 2 is 1.22 bits per heavy atom. The van der Waals surface area contributed by atoms with Gasteiger partial charge in [0.15, 0.2) is 0 Å². The maximum atomic E-state index is 4.52. The third-order valence-electron chi connectivity index (χ3n) is 5.00. The van der Waals surface area contributed by atoms with Crippen LogP contribution < -0.4 is 0 Å². The van der Waals surface area contributed by atoms with E-state index in [-0.39, 0.29) is 0 Å². The number of rotatable bonds is 11. The van der Waals surface area contributed by atoms with E-state index in [0.717, 1.165) is 17.7 Å². The van der Waals surface area contributed by atoms with Gasteiger partial charge in [-0.15, -0.1) is 0 Å². The van der Waals surface area contributed by atoms with Crippen LogP contribution in [0.15, 0.2) is 42.6 Å². The van der Waals surface area contributed by atoms with Gasteiger partial charge in [-0.1, -0.05) is 82.9 Å². The molecule has 1 nitrogen and oxygen atoms in total. The summed E-state index contributed by atoms with van der Waals surface area (Å²) in [6.45, 7) is 4.51. The van der Waals surface area contributed by atoms with Crippen LogP contribution in [0.2, 0.25) is 0 Å². The maximum Gasteiger partial charge on any atom is 0.113 e. The molecular weight excluding hydrogens is 326 g/mol. The zero-order chi connectivity index (χ0) is 19.2. The number of pyridine rings is 1. The molecule has 0 aliphatic carbocycles. The predicted molar refractivity (Wildman–Crippen MR) is 117 cm³/mol. The highest BCUT2D eigenvalue weighted by molar-refractivity contribution is 5.41. The number of unbranched alkanes of at least 4 members (excludes halogenated alkanes) is 7. The predicted octanol–water partition coefficient (Wildman–Crippen LogP) is 7.12. The van der Waals surface area contributed by atoms with E-state index in [1.165, 1.54) is 75.3 Å². The molecule has 0 aliphatic rings. The van der Waals surface area contributed by atoms with Crippen LogP contribution in [-0.2, 0) is 12.8 Å². The van der Waals surface area contributed by atoms with Gasteiger partial charge in [0.05, 0.1) is 0 Å². The van der Waals surface area contributed by atoms with Crippen molar-refractivity contribution in [2.24, 2.45) is 0 Å². The van der Waals surface area contributed by atoms with Crippen molar-refractivity contribution >= 4 is 0 Å². The Balaban J connectivity index is 1.77. The highest BCUT2D eigenvalue weighted by atomic mass is 14.7. The number of hydrogen-bond acceptors (Lipinski definition) is 1. The van der Waals surface area contributed by atoms with Crippen molar-refractivity contribution in [3.05, 3.63) is 65.0 Å². The van der Waals surface area contributed by atoms with Crippen molar-refractivity contribution in [1.29, 1.82) is 0 Å². The molecule has 1 aromatic carbocycles. The van der Waals surface area contributed by atoms with E-state index >= 15 is 0 Å². The van der Waals surface area contributed by atoms with Crippen molar-refractivity contribution in [1.82, 2.24) is 4.98 Å². The molecule has 27 heavy (non-hydrogen) atoms. The summed E-state index contributed by atoms with van der Waals surface area (Å²) >= 11 is 0. The van der Waals surface area contributed by atoms with Gasteiger partial charge in [0.1, 0.15) is 5.69 Å². The highest BCUT2D eigenvalue weighted by Crippen LogP contribution is 2.10. The van der Waals surface area contributed by atoms with Crippen molar-refractivity contribution in [3.8, 4) is 11.8 Å². The van der Waals surface area contributed by atoms with Crippen LogP contribution >= 0.6 is 0 Å². The van der Waals surface area contributed by atoms with Gasteiger partial charge in [0, 0.05) is 11.8 Å². The SMILES string of the molecule is CCCCCCCCc1ccc(C#Cc2ccc(CCCCC)cc2)nc1. The molecule has 0 atom stereocenters. The van der Waals surface area contributed by atoms with Gasteiger partial charge in [-0.2, -0.15) is 0 Å². The third-order valence-corrected chi connectivity index (χ3v) is 5.00. The number of aryl methyl sites for hydroxylation is 2. The smallest absolute Gasteiger partial charge is 0.113 e. The lowest BCUT2D eigenvalue weighted by Crippen LogP contribution is -1.90. The first-order valence-corrected chi connectivity index (χ1v) is 10.9. The van der Waals surface area contributed by atoms with E-state index in [4.69, 9.17) is 0 Å². The minimum Gasteiger partial charge on any atom is -0.248 e. The highest BCUT2D eigenvalue weighted by Gasteiger charge is 1.97. The van der Waals surface area contributed by atoms with Gasteiger partial charge in [-0.3, -0.25) is 0 Å². The second-order valence-corrected chi connectivity index (χ2v) is 7.47. The molecule has 0 aliphatic heterocycles. The molecule has 0 N–H and O–H groups in total. The van der Waals surface area contributed by atoms with Crippen LogP contribution in [0.1, 0.15) is 94.0 Å². The van der Waals surface area contributed by atoms with Crippen molar-refractivity contribution in [2.75, 3.05) is 0 Å². The maximum absolute atomic E-state index is 4.52. The number of benzene rings is 1. The van der Waals surface area contributed by atoms with Gasteiger partial charge >= 0.3 is 0 Å². The molecule has 0 radical (unpaired) electrons. The summed E-state index contributed by atoms with van der Waals surface area (Å²) in [6, 6.07) is 12.9. The number of nitrogens with zero attached hydrogens (tertiary/aromatic N) is 1. The molecule has 2 aromatic rings. The summed E-state index contributed by atoms with van der Waals surface area (Å²) < 4.78 is 0. The van der Waals surface area contributed by atoms with E-state index in [1.54, 1.807) is 0 Å². The lowest BCUT2D eigenvalue weighted by atomic mass is 10.1. The Hall–Kier alpha value is -2.07. The lowest BCUT2D eigenvalue weighted by molar-refractivity contribution is 0.607. The van der Waals surface area contributed by atoms with Gasteiger partial charge in [0.2, 0.25) is 0 Å². The van der Waals surface area contributed by atoms with Crippen LogP contribution in [-0.4, -0.2) is 4.98 Å². The van der Waals surface area contributed by atoms with E-state index in [1.807, 2.05) is 6.20 Å². The van der Waals surface area contributed by atoms with Crippen LogP contribution in [0.5, 0.6) is 0 Å².